The summed E-state index contributed by atoms with van der Waals surface area (Å²) < 4.78 is 969. The molecule has 832 valence electrons. The maximum absolute atomic E-state index is 15.4. The van der Waals surface area contributed by atoms with Gasteiger partial charge in [0.05, 0.1) is 0 Å². The highest BCUT2D eigenvalue weighted by Gasteiger charge is 3.00. The summed E-state index contributed by atoms with van der Waals surface area (Å²) in [5.74, 6) is -253. The van der Waals surface area contributed by atoms with Gasteiger partial charge in [-0.1, -0.05) is 48.5 Å². The highest BCUT2D eigenvalue weighted by molar-refractivity contribution is 5.58. The van der Waals surface area contributed by atoms with Crippen molar-refractivity contribution in [3.8, 4) is 23.0 Å². The van der Waals surface area contributed by atoms with Crippen molar-refractivity contribution >= 4 is 0 Å². The first-order valence-electron chi connectivity index (χ1n) is 37.0. The first kappa shape index (κ1) is 126. The standard InChI is InChI=1S/C72H44F68O4/c73-41(74,45(81,82)49(89,90)53(97,98)57(105,106)61(113,114)65(121,122)69(129,130)131)9-1-5-25-13-29-21-31-15-26(6-2-10-42(75,76)46(83,84)50(91,92)54(99,100)58(107,108)62(115,116)66(123,124)70(132,133)134)17-33(38(31)142)23-35-19-28(8-4-12-44(79,80)48(87,88)52(95,96)56(103,104)60(111,112)64(119,120)68(127,128)72(138,139)140)20-36(40(35)144)24-34-18-27(16-32(39(34)143)22-30(14-25)37(29)141)7-3-11-43(77,78)47(85,86)51(93,94)55(101,102)59(109,110)63(117,118)67(125,126)71(135,136)137/h13-20,141-144H,1-12,21-24H2. The fourth-order valence-electron chi connectivity index (χ4n) is 13.3. The van der Waals surface area contributed by atoms with Crippen LogP contribution in [0.3, 0.4) is 0 Å². The molecule has 5 rings (SSSR count). The Balaban J connectivity index is 1.89. The zero-order chi connectivity index (χ0) is 114. The summed E-state index contributed by atoms with van der Waals surface area (Å²) in [6.07, 6.45) is -72.2. The second-order valence-electron chi connectivity index (χ2n) is 31.8. The van der Waals surface area contributed by atoms with Gasteiger partial charge in [0.15, 0.2) is 0 Å². The van der Waals surface area contributed by atoms with Gasteiger partial charge in [-0.05, 0) is 118 Å². The van der Waals surface area contributed by atoms with Gasteiger partial charge in [0.2, 0.25) is 0 Å². The third kappa shape index (κ3) is 18.9. The number of benzene rings is 4. The van der Waals surface area contributed by atoms with E-state index < -0.39 is 383 Å². The molecule has 1 aliphatic rings. The Morgan fingerprint density at radius 2 is 0.229 bits per heavy atom. The lowest BCUT2D eigenvalue weighted by Gasteiger charge is -2.42. The van der Waals surface area contributed by atoms with E-state index in [1.165, 1.54) is 0 Å². The molecule has 0 radical (unpaired) electrons. The number of hydrogen-bond acceptors (Lipinski definition) is 4. The monoisotopic (exact) mass is 2260 g/mol. The summed E-state index contributed by atoms with van der Waals surface area (Å²) in [7, 11) is 0. The Labute approximate surface area is 750 Å². The van der Waals surface area contributed by atoms with Crippen molar-refractivity contribution in [1.29, 1.82) is 0 Å². The van der Waals surface area contributed by atoms with Crippen LogP contribution >= 0.6 is 0 Å². The van der Waals surface area contributed by atoms with E-state index in [1.54, 1.807) is 0 Å². The van der Waals surface area contributed by atoms with E-state index in [9.17, 15) is 249 Å². The quantitative estimate of drug-likeness (QED) is 0.0295. The van der Waals surface area contributed by atoms with Crippen molar-refractivity contribution in [3.63, 3.8) is 0 Å². The smallest absolute Gasteiger partial charge is 0.460 e. The Morgan fingerprint density at radius 1 is 0.139 bits per heavy atom. The van der Waals surface area contributed by atoms with Crippen LogP contribution in [-0.2, 0) is 51.4 Å². The van der Waals surface area contributed by atoms with E-state index in [0.29, 0.717) is 0 Å². The minimum absolute atomic E-state index is 0.0152. The highest BCUT2D eigenvalue weighted by Crippen LogP contribution is 2.71. The molecule has 8 bridgehead atoms. The molecule has 4 N–H and O–H groups in total. The Bertz CT molecular complexity index is 4510. The van der Waals surface area contributed by atoms with Gasteiger partial charge in [0.1, 0.15) is 23.0 Å². The molecule has 144 heavy (non-hydrogen) atoms. The molecule has 4 aromatic carbocycles. The van der Waals surface area contributed by atoms with Gasteiger partial charge < -0.3 is 20.4 Å². The van der Waals surface area contributed by atoms with Gasteiger partial charge in [-0.15, -0.1) is 0 Å². The van der Waals surface area contributed by atoms with Crippen LogP contribution in [0, 0.1) is 0 Å². The van der Waals surface area contributed by atoms with Crippen LogP contribution < -0.4 is 0 Å². The fraction of sp³-hybridized carbons (Fsp3) is 0.667. The second-order valence-corrected chi connectivity index (χ2v) is 31.8. The van der Waals surface area contributed by atoms with Gasteiger partial charge in [-0.3, -0.25) is 0 Å². The maximum atomic E-state index is 15.4. The van der Waals surface area contributed by atoms with Crippen LogP contribution in [0.4, 0.5) is 299 Å². The fourth-order valence-corrected chi connectivity index (χ4v) is 13.3. The average molecular weight is 2270 g/mol. The molecule has 0 spiro atoms. The van der Waals surface area contributed by atoms with Gasteiger partial charge in [-0.25, -0.2) is 0 Å². The first-order chi connectivity index (χ1) is 62.8. The Morgan fingerprint density at radius 3 is 0.326 bits per heavy atom. The Hall–Kier alpha value is -8.68. The molecular formula is C72H44F68O4. The summed E-state index contributed by atoms with van der Waals surface area (Å²) in [4.78, 5) is 0. The van der Waals surface area contributed by atoms with Crippen molar-refractivity contribution in [2.24, 2.45) is 0 Å². The van der Waals surface area contributed by atoms with Gasteiger partial charge in [0, 0.05) is 51.4 Å². The second kappa shape index (κ2) is 36.6. The minimum atomic E-state index is -9.30. The van der Waals surface area contributed by atoms with E-state index in [1.807, 2.05) is 0 Å². The van der Waals surface area contributed by atoms with Gasteiger partial charge >= 0.3 is 191 Å². The molecule has 0 aliphatic heterocycles. The molecule has 1 aliphatic carbocycles. The van der Waals surface area contributed by atoms with E-state index in [-0.39, 0.29) is 48.5 Å². The van der Waals surface area contributed by atoms with Gasteiger partial charge in [0.25, 0.3) is 0 Å². The van der Waals surface area contributed by atoms with Gasteiger partial charge in [-0.2, -0.15) is 299 Å². The maximum Gasteiger partial charge on any atom is 0.460 e. The third-order valence-electron chi connectivity index (χ3n) is 21.8. The van der Waals surface area contributed by atoms with Crippen LogP contribution in [0.25, 0.3) is 0 Å². The van der Waals surface area contributed by atoms with Crippen molar-refractivity contribution in [3.05, 3.63) is 115 Å². The predicted molar refractivity (Wildman–Crippen MR) is 338 cm³/mol. The zero-order valence-corrected chi connectivity index (χ0v) is 67.4. The molecule has 0 aromatic heterocycles. The zero-order valence-electron chi connectivity index (χ0n) is 67.4. The third-order valence-corrected chi connectivity index (χ3v) is 21.8. The average Bonchev–Trinajstić information content (AvgIpc) is 0.703. The lowest BCUT2D eigenvalue weighted by Crippen LogP contribution is -2.74. The molecule has 4 aromatic rings. The summed E-state index contributed by atoms with van der Waals surface area (Å²) >= 11 is 0. The lowest BCUT2D eigenvalue weighted by molar-refractivity contribution is -0.461. The number of aryl methyl sites for hydroxylation is 4. The summed E-state index contributed by atoms with van der Waals surface area (Å²) in [6, 6.07) is 0.121. The number of aromatic hydroxyl groups is 4. The molecular weight excluding hydrogens is 2220 g/mol. The van der Waals surface area contributed by atoms with Crippen molar-refractivity contribution < 1.29 is 319 Å². The molecule has 0 fully saturated rings. The molecule has 4 nitrogen and oxygen atoms in total. The Kier molecular flexibility index (Phi) is 32.0. The number of halogens is 68. The van der Waals surface area contributed by atoms with E-state index in [0.717, 1.165) is 0 Å². The normalized spacial score (nSPS) is 16.2. The van der Waals surface area contributed by atoms with Crippen LogP contribution in [0.1, 0.15) is 118 Å². The van der Waals surface area contributed by atoms with Crippen molar-refractivity contribution in [2.45, 2.75) is 293 Å². The van der Waals surface area contributed by atoms with E-state index in [2.05, 4.69) is 0 Å². The molecule has 0 atom stereocenters. The topological polar surface area (TPSA) is 80.9 Å². The highest BCUT2D eigenvalue weighted by atomic mass is 19.5. The largest absolute Gasteiger partial charge is 0.507 e. The van der Waals surface area contributed by atoms with Crippen LogP contribution in [0.5, 0.6) is 23.0 Å². The van der Waals surface area contributed by atoms with Crippen molar-refractivity contribution in [1.82, 2.24) is 0 Å². The number of fused-ring (bicyclic) bond motifs is 8. The number of rotatable bonds is 40. The predicted octanol–water partition coefficient (Wildman–Crippen LogP) is 30.5. The number of phenolic OH excluding ortho intramolecular Hbond substituents is 4. The summed E-state index contributed by atoms with van der Waals surface area (Å²) in [5.41, 5.74) is -17.0. The molecule has 0 saturated heterocycles. The minimum Gasteiger partial charge on any atom is -0.507 e. The molecule has 0 heterocycles. The van der Waals surface area contributed by atoms with Crippen LogP contribution in [0.2, 0.25) is 0 Å². The summed E-state index contributed by atoms with van der Waals surface area (Å²) in [6.45, 7) is 0. The number of hydrogen-bond donors (Lipinski definition) is 4. The first-order valence-corrected chi connectivity index (χ1v) is 37.0. The summed E-state index contributed by atoms with van der Waals surface area (Å²) in [5, 5.41) is 47.5. The SMILES string of the molecule is Oc1c2cc(CCCC(F)(F)C(F)(F)C(F)(F)C(F)(F)C(F)(F)C(F)(F)C(F)(F)C(F)(F)F)cc1Cc1cc(CCCC(F)(F)C(F)(F)C(F)(F)C(F)(F)C(F)(F)C(F)(F)C(F)(F)C(F)(F)F)cc(c1O)Cc1cc(CCCC(F)(F)C(F)(F)C(F)(F)C(F)(F)C(F)(F)C(F)(F)C(F)(F)C(F)(F)F)cc(c1O)Cc1cc(CCCC(F)(F)C(F)(F)C(F)(F)C(F)(F)C(F)(F)C(F)(F)C(F)(F)C(F)(F)F)cc(c1O)C2. The molecule has 0 unspecified atom stereocenters. The van der Waals surface area contributed by atoms with E-state index in [4.69, 9.17) is 0 Å². The number of phenols is 4. The molecule has 0 saturated carbocycles. The molecule has 0 amide bonds. The van der Waals surface area contributed by atoms with E-state index >= 15 is 70.2 Å². The van der Waals surface area contributed by atoms with Crippen molar-refractivity contribution in [2.75, 3.05) is 0 Å². The molecule has 72 heteroatoms. The number of alkyl halides is 68. The lowest BCUT2D eigenvalue weighted by atomic mass is 9.86. The van der Waals surface area contributed by atoms with Crippen LogP contribution in [-0.4, -0.2) is 211 Å². The van der Waals surface area contributed by atoms with Crippen LogP contribution in [0.15, 0.2) is 48.5 Å².